The summed E-state index contributed by atoms with van der Waals surface area (Å²) < 4.78 is 128. The molecule has 29 heteroatoms. The number of amides is 7. The molecule has 3 aliphatic rings. The van der Waals surface area contributed by atoms with Gasteiger partial charge >= 0.3 is 41.5 Å². The molecule has 7 amide bonds. The number of nitrogens with zero attached hydrogens (tertiary/aromatic N) is 6. The summed E-state index contributed by atoms with van der Waals surface area (Å²) in [5, 5.41) is 9.93. The van der Waals surface area contributed by atoms with Crippen molar-refractivity contribution in [3.05, 3.63) is 159 Å². The minimum atomic E-state index is -1.59. The number of nitrogen functional groups attached to an aromatic ring is 2. The summed E-state index contributed by atoms with van der Waals surface area (Å²) >= 11 is 0. The highest BCUT2D eigenvalue weighted by molar-refractivity contribution is 6.40. The van der Waals surface area contributed by atoms with Gasteiger partial charge in [-0.3, -0.25) is 34.1 Å². The summed E-state index contributed by atoms with van der Waals surface area (Å²) in [7, 11) is 0. The number of nitrogens with two attached hydrogens (primary N) is 2. The van der Waals surface area contributed by atoms with Crippen molar-refractivity contribution in [2.75, 3.05) is 52.4 Å². The van der Waals surface area contributed by atoms with E-state index in [1.54, 1.807) is 53.7 Å². The molecule has 0 radical (unpaired) electrons. The third-order valence-corrected chi connectivity index (χ3v) is 15.7. The standard InChI is InChI=1S/C25H29F3N4O4.2C20H21F3N4O2.CH4/c1-13-6-7-19(15-9-17(26)20(28)18(27)10-15)32(12-13)23(34)22(33)30-16-8-14(2)21(29-11-16)31-24(35)36-25(3,4)5;2*1-10-3-4-16(12-6-14(21)17(23)15(22)7-12)27(9-10)20(29)19(28)26-13-5-11(2)18(24)25-8-13;/h8-11,13,19H,6-7,12H2,1-5H3,(H,30,33)(H,29,31,35);2*5-8,10,16H,3-4,9H2,1-2H3,(H2,24,25)(H,26,28);1H4/t13-,19+;2*10-,16+;/m010./s1. The lowest BCUT2D eigenvalue weighted by molar-refractivity contribution is -0.146. The Morgan fingerprint density at radius 3 is 0.979 bits per heavy atom. The molecule has 6 heterocycles. The van der Waals surface area contributed by atoms with Gasteiger partial charge in [-0.05, 0) is 186 Å². The Morgan fingerprint density at radius 1 is 0.442 bits per heavy atom. The van der Waals surface area contributed by atoms with Crippen LogP contribution < -0.4 is 32.7 Å². The topological polar surface area (TPSA) is 277 Å². The SMILES string of the molecule is C.Cc1cc(NC(=O)C(=O)N2C[C@@H](C)CC[C@@H]2c2cc(F)c(F)c(F)c2)cnc1N.Cc1cc(NC(=O)C(=O)N2C[C@@H](C)CC[C@@H]2c2cc(F)c(F)c(F)c2)cnc1NC(=O)OC(C)(C)C.Cc1cc(NC(=O)C(=O)N2C[C@H](C)CC[C@H]2c2cc(F)c(F)c(F)c2)cnc1N. The largest absolute Gasteiger partial charge is 0.444 e. The molecule has 3 aromatic heterocycles. The number of nitrogens with one attached hydrogen (secondary N) is 4. The Morgan fingerprint density at radius 2 is 0.716 bits per heavy atom. The summed E-state index contributed by atoms with van der Waals surface area (Å²) in [6.45, 7) is 16.6. The van der Waals surface area contributed by atoms with Gasteiger partial charge in [0.1, 0.15) is 23.1 Å². The Hall–Kier alpha value is -9.83. The molecule has 510 valence electrons. The van der Waals surface area contributed by atoms with E-state index >= 15 is 0 Å². The van der Waals surface area contributed by atoms with E-state index in [9.17, 15) is 73.1 Å². The minimum Gasteiger partial charge on any atom is -0.444 e. The first-order valence-electron chi connectivity index (χ1n) is 29.8. The second-order valence-corrected chi connectivity index (χ2v) is 24.6. The van der Waals surface area contributed by atoms with Crippen LogP contribution >= 0.6 is 0 Å². The van der Waals surface area contributed by atoms with Gasteiger partial charge in [0, 0.05) is 19.6 Å². The number of aromatic nitrogens is 3. The van der Waals surface area contributed by atoms with Gasteiger partial charge in [0.05, 0.1) is 53.8 Å². The summed E-state index contributed by atoms with van der Waals surface area (Å²) in [6.07, 6.45) is 6.43. The number of aryl methyl sites for hydroxylation is 3. The van der Waals surface area contributed by atoms with E-state index in [-0.39, 0.29) is 73.0 Å². The van der Waals surface area contributed by atoms with E-state index in [0.29, 0.717) is 78.2 Å². The maximum atomic E-state index is 13.8. The average molecular weight is 1340 g/mol. The van der Waals surface area contributed by atoms with Crippen LogP contribution in [0.5, 0.6) is 0 Å². The van der Waals surface area contributed by atoms with E-state index in [4.69, 9.17) is 16.2 Å². The predicted octanol–water partition coefficient (Wildman–Crippen LogP) is 12.4. The van der Waals surface area contributed by atoms with Gasteiger partial charge in [-0.1, -0.05) is 28.2 Å². The van der Waals surface area contributed by atoms with E-state index in [1.165, 1.54) is 39.4 Å². The number of ether oxygens (including phenoxy) is 1. The molecule has 0 saturated carbocycles. The number of halogens is 9. The Kier molecular flexibility index (Phi) is 24.5. The minimum absolute atomic E-state index is 0. The first-order chi connectivity index (χ1) is 44.1. The molecule has 0 unspecified atom stereocenters. The molecule has 0 spiro atoms. The Labute approximate surface area is 542 Å². The number of anilines is 6. The molecule has 9 rings (SSSR count). The molecule has 3 saturated heterocycles. The van der Waals surface area contributed by atoms with Crippen LogP contribution in [0.4, 0.5) is 78.8 Å². The van der Waals surface area contributed by atoms with Gasteiger partial charge < -0.3 is 46.9 Å². The van der Waals surface area contributed by atoms with Gasteiger partial charge in [-0.2, -0.15) is 0 Å². The fourth-order valence-corrected chi connectivity index (χ4v) is 10.9. The number of likely N-dealkylation sites (tertiary alicyclic amines) is 3. The van der Waals surface area contributed by atoms with Crippen molar-refractivity contribution < 1.29 is 77.8 Å². The van der Waals surface area contributed by atoms with Crippen molar-refractivity contribution in [3.8, 4) is 0 Å². The fraction of sp³-hybridized carbons (Fsp3) is 0.394. The van der Waals surface area contributed by atoms with E-state index in [2.05, 4.69) is 36.2 Å². The van der Waals surface area contributed by atoms with Crippen LogP contribution in [0, 0.1) is 90.9 Å². The van der Waals surface area contributed by atoms with Crippen LogP contribution in [0.3, 0.4) is 0 Å². The van der Waals surface area contributed by atoms with Crippen LogP contribution in [-0.2, 0) is 33.5 Å². The second-order valence-electron chi connectivity index (χ2n) is 24.6. The predicted molar refractivity (Wildman–Crippen MR) is 336 cm³/mol. The Bertz CT molecular complexity index is 3670. The number of carbonyl (C=O) groups excluding carboxylic acids is 7. The van der Waals surface area contributed by atoms with Crippen LogP contribution in [0.15, 0.2) is 73.2 Å². The van der Waals surface area contributed by atoms with Crippen molar-refractivity contribution >= 4 is 76.1 Å². The van der Waals surface area contributed by atoms with E-state index in [0.717, 1.165) is 36.4 Å². The zero-order valence-electron chi connectivity index (χ0n) is 52.8. The number of hydrogen-bond donors (Lipinski definition) is 6. The molecule has 8 N–H and O–H groups in total. The fourth-order valence-electron chi connectivity index (χ4n) is 10.9. The smallest absolute Gasteiger partial charge is 0.413 e. The molecule has 6 atom stereocenters. The molecule has 3 aliphatic heterocycles. The van der Waals surface area contributed by atoms with E-state index in [1.807, 2.05) is 20.8 Å². The highest BCUT2D eigenvalue weighted by Gasteiger charge is 2.39. The van der Waals surface area contributed by atoms with Gasteiger partial charge in [0.2, 0.25) is 0 Å². The summed E-state index contributed by atoms with van der Waals surface area (Å²) in [5.41, 5.74) is 13.5. The van der Waals surface area contributed by atoms with Crippen LogP contribution in [0.2, 0.25) is 0 Å². The molecule has 6 aromatic rings. The quantitative estimate of drug-likeness (QED) is 0.0493. The molecule has 95 heavy (non-hydrogen) atoms. The third-order valence-electron chi connectivity index (χ3n) is 15.7. The number of pyridine rings is 3. The maximum Gasteiger partial charge on any atom is 0.413 e. The number of hydrogen-bond acceptors (Lipinski definition) is 13. The molecular weight excluding hydrogens is 1260 g/mol. The van der Waals surface area contributed by atoms with Gasteiger partial charge in [0.25, 0.3) is 0 Å². The van der Waals surface area contributed by atoms with Crippen molar-refractivity contribution in [2.24, 2.45) is 17.8 Å². The summed E-state index contributed by atoms with van der Waals surface area (Å²) in [4.78, 5) is 104. The number of rotatable bonds is 7. The zero-order valence-corrected chi connectivity index (χ0v) is 52.8. The maximum absolute atomic E-state index is 13.8. The molecule has 20 nitrogen and oxygen atoms in total. The van der Waals surface area contributed by atoms with Crippen molar-refractivity contribution in [3.63, 3.8) is 0 Å². The van der Waals surface area contributed by atoms with Gasteiger partial charge in [-0.15, -0.1) is 0 Å². The molecule has 3 fully saturated rings. The molecular formula is C66H75F9N12O8. The lowest BCUT2D eigenvalue weighted by Crippen LogP contribution is -2.46. The Balaban J connectivity index is 0.000000226. The first-order valence-corrected chi connectivity index (χ1v) is 29.8. The first kappa shape index (κ1) is 74.2. The zero-order chi connectivity index (χ0) is 69.4. The molecule has 0 bridgehead atoms. The average Bonchev–Trinajstić information content (AvgIpc) is 0.808. The highest BCUT2D eigenvalue weighted by atomic mass is 19.2. The normalized spacial score (nSPS) is 18.5. The highest BCUT2D eigenvalue weighted by Crippen LogP contribution is 2.38. The van der Waals surface area contributed by atoms with Crippen LogP contribution in [-0.4, -0.2) is 96.4 Å². The number of benzene rings is 3. The lowest BCUT2D eigenvalue weighted by atomic mass is 9.89. The summed E-state index contributed by atoms with van der Waals surface area (Å²) in [5.74, 6) is -17.1. The lowest BCUT2D eigenvalue weighted by Gasteiger charge is -2.38. The van der Waals surface area contributed by atoms with Gasteiger partial charge in [0.15, 0.2) is 52.4 Å². The van der Waals surface area contributed by atoms with Crippen LogP contribution in [0.25, 0.3) is 0 Å². The van der Waals surface area contributed by atoms with E-state index < -0.39 is 118 Å². The molecule has 0 aliphatic carbocycles. The molecule has 3 aromatic carbocycles. The van der Waals surface area contributed by atoms with Crippen molar-refractivity contribution in [1.82, 2.24) is 29.7 Å². The third kappa shape index (κ3) is 19.0. The van der Waals surface area contributed by atoms with Crippen LogP contribution in [0.1, 0.15) is 139 Å². The number of carbonyl (C=O) groups is 7. The van der Waals surface area contributed by atoms with Gasteiger partial charge in [-0.25, -0.2) is 59.3 Å². The van der Waals surface area contributed by atoms with Crippen molar-refractivity contribution in [1.29, 1.82) is 0 Å². The summed E-state index contributed by atoms with van der Waals surface area (Å²) in [6, 6.07) is 7.57. The second kappa shape index (κ2) is 31.4. The monoisotopic (exact) mass is 1330 g/mol. The number of piperidine rings is 3. The van der Waals surface area contributed by atoms with Crippen molar-refractivity contribution in [2.45, 2.75) is 132 Å².